The number of hydrogen-bond donors (Lipinski definition) is 2. The molecule has 7 heteroatoms. The van der Waals surface area contributed by atoms with E-state index in [1.165, 1.54) is 24.5 Å². The fourth-order valence-electron chi connectivity index (χ4n) is 1.30. The molecule has 1 rings (SSSR count). The highest BCUT2D eigenvalue weighted by Gasteiger charge is 2.21. The first kappa shape index (κ1) is 13.6. The summed E-state index contributed by atoms with van der Waals surface area (Å²) < 4.78 is 31.1. The van der Waals surface area contributed by atoms with Crippen LogP contribution >= 0.6 is 11.3 Å². The molecule has 0 amide bonds. The Labute approximate surface area is 99.1 Å². The Hall–Kier alpha value is -0.470. The molecule has 0 saturated carbocycles. The van der Waals surface area contributed by atoms with Crippen LogP contribution in [0.5, 0.6) is 0 Å². The summed E-state index contributed by atoms with van der Waals surface area (Å²) in [7, 11) is -2.05. The van der Waals surface area contributed by atoms with Gasteiger partial charge in [-0.1, -0.05) is 0 Å². The molecule has 16 heavy (non-hydrogen) atoms. The molecule has 0 saturated heterocycles. The molecule has 1 atom stereocenters. The molecule has 0 aliphatic rings. The standard InChI is InChI=1S/C9H15NO4S2/c1-7(6-14-2)10-16(12,13)9-3-4-15-8(9)5-11/h3-4,7,10-11H,5-6H2,1-2H3. The molecule has 1 aromatic heterocycles. The zero-order valence-corrected chi connectivity index (χ0v) is 10.8. The van der Waals surface area contributed by atoms with E-state index in [0.717, 1.165) is 0 Å². The highest BCUT2D eigenvalue weighted by molar-refractivity contribution is 7.89. The summed E-state index contributed by atoms with van der Waals surface area (Å²) in [6.45, 7) is 1.75. The van der Waals surface area contributed by atoms with Crippen LogP contribution in [0, 0.1) is 0 Å². The van der Waals surface area contributed by atoms with Gasteiger partial charge in [-0.2, -0.15) is 0 Å². The van der Waals surface area contributed by atoms with E-state index >= 15 is 0 Å². The predicted octanol–water partition coefficient (Wildman–Crippen LogP) is 0.554. The van der Waals surface area contributed by atoms with Gasteiger partial charge in [-0.15, -0.1) is 11.3 Å². The largest absolute Gasteiger partial charge is 0.391 e. The lowest BCUT2D eigenvalue weighted by atomic mass is 10.4. The van der Waals surface area contributed by atoms with Crippen LogP contribution in [0.4, 0.5) is 0 Å². The van der Waals surface area contributed by atoms with Crippen molar-refractivity contribution in [2.24, 2.45) is 0 Å². The number of aliphatic hydroxyl groups excluding tert-OH is 1. The molecule has 0 aliphatic carbocycles. The first-order valence-corrected chi connectivity index (χ1v) is 7.06. The van der Waals surface area contributed by atoms with Crippen molar-refractivity contribution in [1.29, 1.82) is 0 Å². The summed E-state index contributed by atoms with van der Waals surface area (Å²) in [5, 5.41) is 10.6. The van der Waals surface area contributed by atoms with Crippen LogP contribution in [-0.4, -0.2) is 33.3 Å². The summed E-state index contributed by atoms with van der Waals surface area (Å²) in [6.07, 6.45) is 0. The summed E-state index contributed by atoms with van der Waals surface area (Å²) in [5.74, 6) is 0. The van der Waals surface area contributed by atoms with Gasteiger partial charge in [0.2, 0.25) is 10.0 Å². The Balaban J connectivity index is 2.86. The van der Waals surface area contributed by atoms with Crippen LogP contribution in [0.3, 0.4) is 0 Å². The van der Waals surface area contributed by atoms with Crippen molar-refractivity contribution in [3.63, 3.8) is 0 Å². The zero-order chi connectivity index (χ0) is 12.2. The Kier molecular flexibility index (Phi) is 4.88. The van der Waals surface area contributed by atoms with Crippen LogP contribution in [-0.2, 0) is 21.4 Å². The summed E-state index contributed by atoms with van der Waals surface area (Å²) in [6, 6.07) is 1.18. The van der Waals surface area contributed by atoms with E-state index in [9.17, 15) is 8.42 Å². The van der Waals surface area contributed by atoms with Gasteiger partial charge in [-0.3, -0.25) is 0 Å². The SMILES string of the molecule is COCC(C)NS(=O)(=O)c1ccsc1CO. The van der Waals surface area contributed by atoms with Crippen molar-refractivity contribution in [1.82, 2.24) is 4.72 Å². The van der Waals surface area contributed by atoms with E-state index in [2.05, 4.69) is 4.72 Å². The second-order valence-corrected chi connectivity index (χ2v) is 6.03. The lowest BCUT2D eigenvalue weighted by Gasteiger charge is -2.13. The number of ether oxygens (including phenoxy) is 1. The molecule has 1 aromatic rings. The van der Waals surface area contributed by atoms with Crippen LogP contribution in [0.25, 0.3) is 0 Å². The quantitative estimate of drug-likeness (QED) is 0.788. The number of methoxy groups -OCH3 is 1. The molecule has 0 fully saturated rings. The van der Waals surface area contributed by atoms with E-state index in [1.54, 1.807) is 12.3 Å². The molecule has 0 radical (unpaired) electrons. The van der Waals surface area contributed by atoms with Gasteiger partial charge >= 0.3 is 0 Å². The molecule has 0 spiro atoms. The summed E-state index contributed by atoms with van der Waals surface area (Å²) in [4.78, 5) is 0.583. The van der Waals surface area contributed by atoms with Crippen LogP contribution in [0.2, 0.25) is 0 Å². The van der Waals surface area contributed by atoms with Gasteiger partial charge in [0, 0.05) is 18.0 Å². The molecule has 0 aliphatic heterocycles. The number of thiophene rings is 1. The lowest BCUT2D eigenvalue weighted by Crippen LogP contribution is -2.35. The van der Waals surface area contributed by atoms with Gasteiger partial charge in [-0.05, 0) is 18.4 Å². The third-order valence-corrected chi connectivity index (χ3v) is 4.62. The Morgan fingerprint density at radius 3 is 2.88 bits per heavy atom. The minimum atomic E-state index is -3.56. The molecule has 2 N–H and O–H groups in total. The molecule has 1 unspecified atom stereocenters. The maximum atomic E-state index is 11.9. The van der Waals surface area contributed by atoms with Gasteiger partial charge in [0.25, 0.3) is 0 Å². The second-order valence-electron chi connectivity index (χ2n) is 3.34. The first-order valence-electron chi connectivity index (χ1n) is 4.69. The minimum absolute atomic E-state index is 0.142. The topological polar surface area (TPSA) is 75.6 Å². The fraction of sp³-hybridized carbons (Fsp3) is 0.556. The number of nitrogens with one attached hydrogen (secondary N) is 1. The van der Waals surface area contributed by atoms with Crippen LogP contribution in [0.1, 0.15) is 11.8 Å². The smallest absolute Gasteiger partial charge is 0.242 e. The highest BCUT2D eigenvalue weighted by Crippen LogP contribution is 2.21. The maximum absolute atomic E-state index is 11.9. The van der Waals surface area contributed by atoms with Gasteiger partial charge in [0.15, 0.2) is 0 Å². The molecule has 0 aromatic carbocycles. The Morgan fingerprint density at radius 2 is 2.31 bits per heavy atom. The molecule has 0 bridgehead atoms. The van der Waals surface area contributed by atoms with Gasteiger partial charge < -0.3 is 9.84 Å². The van der Waals surface area contributed by atoms with Crippen LogP contribution < -0.4 is 4.72 Å². The average Bonchev–Trinajstić information content (AvgIpc) is 2.65. The van der Waals surface area contributed by atoms with Crippen molar-refractivity contribution in [2.45, 2.75) is 24.5 Å². The van der Waals surface area contributed by atoms with Gasteiger partial charge in [0.05, 0.1) is 18.1 Å². The molecule has 92 valence electrons. The molecular weight excluding hydrogens is 250 g/mol. The van der Waals surface area contributed by atoms with Crippen molar-refractivity contribution in [2.75, 3.05) is 13.7 Å². The monoisotopic (exact) mass is 265 g/mol. The fourth-order valence-corrected chi connectivity index (χ4v) is 3.82. The first-order chi connectivity index (χ1) is 7.51. The van der Waals surface area contributed by atoms with E-state index in [1.807, 2.05) is 0 Å². The van der Waals surface area contributed by atoms with Crippen molar-refractivity contribution < 1.29 is 18.3 Å². The molecular formula is C9H15NO4S2. The van der Waals surface area contributed by atoms with E-state index in [-0.39, 0.29) is 17.5 Å². The molecule has 5 nitrogen and oxygen atoms in total. The Bertz CT molecular complexity index is 426. The number of aliphatic hydroxyl groups is 1. The van der Waals surface area contributed by atoms with E-state index < -0.39 is 10.0 Å². The minimum Gasteiger partial charge on any atom is -0.391 e. The number of sulfonamides is 1. The lowest BCUT2D eigenvalue weighted by molar-refractivity contribution is 0.180. The summed E-state index contributed by atoms with van der Waals surface area (Å²) in [5.41, 5.74) is 0. The zero-order valence-electron chi connectivity index (χ0n) is 9.13. The van der Waals surface area contributed by atoms with E-state index in [0.29, 0.717) is 11.5 Å². The van der Waals surface area contributed by atoms with E-state index in [4.69, 9.17) is 9.84 Å². The third-order valence-electron chi connectivity index (χ3n) is 1.91. The van der Waals surface area contributed by atoms with Gasteiger partial charge in [0.1, 0.15) is 0 Å². The second kappa shape index (κ2) is 5.74. The van der Waals surface area contributed by atoms with Crippen LogP contribution in [0.15, 0.2) is 16.3 Å². The normalized spacial score (nSPS) is 13.9. The maximum Gasteiger partial charge on any atom is 0.242 e. The van der Waals surface area contributed by atoms with Crippen molar-refractivity contribution >= 4 is 21.4 Å². The highest BCUT2D eigenvalue weighted by atomic mass is 32.2. The number of rotatable bonds is 6. The van der Waals surface area contributed by atoms with Crippen molar-refractivity contribution in [3.05, 3.63) is 16.3 Å². The Morgan fingerprint density at radius 1 is 1.62 bits per heavy atom. The average molecular weight is 265 g/mol. The third kappa shape index (κ3) is 3.26. The number of hydrogen-bond acceptors (Lipinski definition) is 5. The molecule has 1 heterocycles. The summed E-state index contributed by atoms with van der Waals surface area (Å²) >= 11 is 1.22. The predicted molar refractivity (Wildman–Crippen MR) is 61.9 cm³/mol. The van der Waals surface area contributed by atoms with Gasteiger partial charge in [-0.25, -0.2) is 13.1 Å². The van der Waals surface area contributed by atoms with Crippen molar-refractivity contribution in [3.8, 4) is 0 Å².